The first-order valence-corrected chi connectivity index (χ1v) is 8.11. The molecule has 0 saturated carbocycles. The van der Waals surface area contributed by atoms with Crippen LogP contribution in [0, 0.1) is 0 Å². The Balaban J connectivity index is 2.67. The molecule has 0 saturated heterocycles. The number of methoxy groups -OCH3 is 1. The summed E-state index contributed by atoms with van der Waals surface area (Å²) >= 11 is 1.73. The van der Waals surface area contributed by atoms with Crippen LogP contribution in [0.1, 0.15) is 30.5 Å². The largest absolute Gasteiger partial charge is 0.416 e. The number of benzene rings is 1. The highest BCUT2D eigenvalue weighted by molar-refractivity contribution is 7.99. The van der Waals surface area contributed by atoms with E-state index < -0.39 is 11.7 Å². The fourth-order valence-electron chi connectivity index (χ4n) is 1.96. The van der Waals surface area contributed by atoms with E-state index in [1.54, 1.807) is 24.9 Å². The highest BCUT2D eigenvalue weighted by Crippen LogP contribution is 2.31. The van der Waals surface area contributed by atoms with Crippen LogP contribution < -0.4 is 5.32 Å². The molecule has 1 aromatic rings. The van der Waals surface area contributed by atoms with Crippen LogP contribution in [0.4, 0.5) is 13.2 Å². The average molecular weight is 321 g/mol. The highest BCUT2D eigenvalue weighted by Gasteiger charge is 2.30. The molecule has 0 spiro atoms. The Bertz CT molecular complexity index is 412. The van der Waals surface area contributed by atoms with E-state index in [4.69, 9.17) is 4.74 Å². The Morgan fingerprint density at radius 2 is 2.10 bits per heavy atom. The molecule has 0 aliphatic rings. The van der Waals surface area contributed by atoms with Crippen molar-refractivity contribution in [2.75, 3.05) is 31.8 Å². The number of nitrogens with one attached hydrogen (secondary N) is 1. The Morgan fingerprint density at radius 3 is 2.71 bits per heavy atom. The zero-order valence-electron chi connectivity index (χ0n) is 12.4. The minimum atomic E-state index is -4.29. The van der Waals surface area contributed by atoms with Crippen LogP contribution in [-0.4, -0.2) is 31.8 Å². The number of alkyl halides is 3. The van der Waals surface area contributed by atoms with Crippen LogP contribution in [0.15, 0.2) is 24.3 Å². The Hall–Kier alpha value is -0.720. The first kappa shape index (κ1) is 18.3. The van der Waals surface area contributed by atoms with E-state index in [9.17, 15) is 13.2 Å². The van der Waals surface area contributed by atoms with Crippen molar-refractivity contribution >= 4 is 11.8 Å². The second-order valence-corrected chi connectivity index (χ2v) is 5.80. The summed E-state index contributed by atoms with van der Waals surface area (Å²) in [5.41, 5.74) is 0.0956. The Kier molecular flexibility index (Phi) is 8.14. The number of hydrogen-bond acceptors (Lipinski definition) is 3. The molecule has 1 rings (SSSR count). The summed E-state index contributed by atoms with van der Waals surface area (Å²) in [4.78, 5) is 0. The van der Waals surface area contributed by atoms with Crippen LogP contribution in [0.2, 0.25) is 0 Å². The molecule has 1 aromatic carbocycles. The van der Waals surface area contributed by atoms with Gasteiger partial charge in [0.2, 0.25) is 0 Å². The molecule has 0 aliphatic carbocycles. The van der Waals surface area contributed by atoms with Crippen LogP contribution in [-0.2, 0) is 10.9 Å². The molecule has 1 N–H and O–H groups in total. The molecule has 0 aliphatic heterocycles. The number of thioether (sulfide) groups is 1. The van der Waals surface area contributed by atoms with Crippen molar-refractivity contribution in [3.05, 3.63) is 35.4 Å². The summed E-state index contributed by atoms with van der Waals surface area (Å²) < 4.78 is 43.3. The van der Waals surface area contributed by atoms with E-state index in [-0.39, 0.29) is 6.04 Å². The van der Waals surface area contributed by atoms with Gasteiger partial charge in [-0.2, -0.15) is 24.9 Å². The van der Waals surface area contributed by atoms with E-state index in [2.05, 4.69) is 5.32 Å². The summed E-state index contributed by atoms with van der Waals surface area (Å²) in [6.07, 6.45) is -3.35. The van der Waals surface area contributed by atoms with Crippen molar-refractivity contribution < 1.29 is 17.9 Å². The first-order valence-electron chi connectivity index (χ1n) is 6.96. The predicted molar refractivity (Wildman–Crippen MR) is 81.7 cm³/mol. The van der Waals surface area contributed by atoms with Gasteiger partial charge in [-0.25, -0.2) is 0 Å². The molecule has 1 atom stereocenters. The maximum absolute atomic E-state index is 12.8. The number of rotatable bonds is 9. The second kappa shape index (κ2) is 9.33. The summed E-state index contributed by atoms with van der Waals surface area (Å²) in [6, 6.07) is 5.50. The molecular weight excluding hydrogens is 299 g/mol. The average Bonchev–Trinajstić information content (AvgIpc) is 2.45. The summed E-state index contributed by atoms with van der Waals surface area (Å²) in [5.74, 6) is 1.69. The lowest BCUT2D eigenvalue weighted by Gasteiger charge is -2.19. The van der Waals surface area contributed by atoms with E-state index in [0.29, 0.717) is 12.2 Å². The fourth-order valence-corrected chi connectivity index (χ4v) is 2.99. The smallest absolute Gasteiger partial charge is 0.385 e. The molecule has 0 radical (unpaired) electrons. The Labute approximate surface area is 128 Å². The molecule has 0 bridgehead atoms. The first-order chi connectivity index (χ1) is 9.99. The summed E-state index contributed by atoms with van der Waals surface area (Å²) in [5, 5.41) is 3.25. The van der Waals surface area contributed by atoms with E-state index in [1.165, 1.54) is 12.1 Å². The van der Waals surface area contributed by atoms with Crippen molar-refractivity contribution in [3.63, 3.8) is 0 Å². The molecule has 21 heavy (non-hydrogen) atoms. The Morgan fingerprint density at radius 1 is 1.33 bits per heavy atom. The van der Waals surface area contributed by atoms with Gasteiger partial charge in [0.1, 0.15) is 0 Å². The fraction of sp³-hybridized carbons (Fsp3) is 0.600. The van der Waals surface area contributed by atoms with Gasteiger partial charge in [0.25, 0.3) is 0 Å². The van der Waals surface area contributed by atoms with Crippen molar-refractivity contribution in [1.82, 2.24) is 5.32 Å². The van der Waals surface area contributed by atoms with Gasteiger partial charge in [0, 0.05) is 25.5 Å². The maximum Gasteiger partial charge on any atom is 0.416 e. The van der Waals surface area contributed by atoms with Gasteiger partial charge in [-0.3, -0.25) is 0 Å². The lowest BCUT2D eigenvalue weighted by Crippen LogP contribution is -2.23. The molecule has 0 amide bonds. The van der Waals surface area contributed by atoms with Gasteiger partial charge < -0.3 is 10.1 Å². The third-order valence-electron chi connectivity index (χ3n) is 2.99. The van der Waals surface area contributed by atoms with Crippen molar-refractivity contribution in [2.24, 2.45) is 0 Å². The molecule has 2 nitrogen and oxygen atoms in total. The zero-order chi connectivity index (χ0) is 15.7. The topological polar surface area (TPSA) is 21.3 Å². The van der Waals surface area contributed by atoms with E-state index in [0.717, 1.165) is 30.5 Å². The maximum atomic E-state index is 12.8. The van der Waals surface area contributed by atoms with Crippen LogP contribution in [0.5, 0.6) is 0 Å². The van der Waals surface area contributed by atoms with Gasteiger partial charge in [0.15, 0.2) is 0 Å². The summed E-state index contributed by atoms with van der Waals surface area (Å²) in [7, 11) is 1.66. The number of hydrogen-bond donors (Lipinski definition) is 1. The van der Waals surface area contributed by atoms with Gasteiger partial charge >= 0.3 is 6.18 Å². The second-order valence-electron chi connectivity index (χ2n) is 4.65. The van der Waals surface area contributed by atoms with E-state index >= 15 is 0 Å². The van der Waals surface area contributed by atoms with Crippen LogP contribution >= 0.6 is 11.8 Å². The van der Waals surface area contributed by atoms with Crippen molar-refractivity contribution in [3.8, 4) is 0 Å². The SMILES string of the molecule is CCNC(CSCCCOC)c1cccc(C(F)(F)F)c1. The molecular formula is C15H22F3NOS. The molecule has 0 fully saturated rings. The minimum absolute atomic E-state index is 0.0650. The third kappa shape index (κ3) is 6.72. The third-order valence-corrected chi connectivity index (χ3v) is 4.13. The highest BCUT2D eigenvalue weighted by atomic mass is 32.2. The molecule has 0 heterocycles. The molecule has 0 aromatic heterocycles. The lowest BCUT2D eigenvalue weighted by atomic mass is 10.0. The van der Waals surface area contributed by atoms with Crippen LogP contribution in [0.25, 0.3) is 0 Å². The predicted octanol–water partition coefficient (Wildman–Crippen LogP) is 4.13. The van der Waals surface area contributed by atoms with Crippen molar-refractivity contribution in [1.29, 1.82) is 0 Å². The normalized spacial score (nSPS) is 13.4. The molecule has 120 valence electrons. The summed E-state index contributed by atoms with van der Waals surface area (Å²) in [6.45, 7) is 3.39. The van der Waals surface area contributed by atoms with Gasteiger partial charge in [0.05, 0.1) is 5.56 Å². The quantitative estimate of drug-likeness (QED) is 0.691. The van der Waals surface area contributed by atoms with Gasteiger partial charge in [-0.15, -0.1) is 0 Å². The number of ether oxygens (including phenoxy) is 1. The van der Waals surface area contributed by atoms with Gasteiger partial charge in [-0.1, -0.05) is 19.1 Å². The zero-order valence-corrected chi connectivity index (χ0v) is 13.2. The van der Waals surface area contributed by atoms with Crippen LogP contribution in [0.3, 0.4) is 0 Å². The van der Waals surface area contributed by atoms with Gasteiger partial charge in [-0.05, 0) is 36.4 Å². The van der Waals surface area contributed by atoms with Crippen molar-refractivity contribution in [2.45, 2.75) is 25.6 Å². The molecule has 6 heteroatoms. The molecule has 1 unspecified atom stereocenters. The minimum Gasteiger partial charge on any atom is -0.385 e. The lowest BCUT2D eigenvalue weighted by molar-refractivity contribution is -0.137. The monoisotopic (exact) mass is 321 g/mol. The number of halogens is 3. The standard InChI is InChI=1S/C15H22F3NOS/c1-3-19-14(11-21-9-5-8-20-2)12-6-4-7-13(10-12)15(16,17)18/h4,6-7,10,14,19H,3,5,8-9,11H2,1-2H3. The van der Waals surface area contributed by atoms with E-state index in [1.807, 2.05) is 6.92 Å².